The molecule has 3 atom stereocenters. The van der Waals surface area contributed by atoms with Crippen LogP contribution >= 0.6 is 0 Å². The molecule has 2 aromatic heterocycles. The molecule has 3 heterocycles. The second-order valence-corrected chi connectivity index (χ2v) is 9.05. The van der Waals surface area contributed by atoms with Crippen LogP contribution in [-0.2, 0) is 0 Å². The minimum atomic E-state index is -1.26. The summed E-state index contributed by atoms with van der Waals surface area (Å²) >= 11 is 0. The number of fused-ring (bicyclic) bond motifs is 1. The molecule has 0 aliphatic carbocycles. The van der Waals surface area contributed by atoms with E-state index in [0.717, 1.165) is 10.8 Å². The highest BCUT2D eigenvalue weighted by Gasteiger charge is 2.31. The van der Waals surface area contributed by atoms with Crippen LogP contribution in [0, 0.1) is 23.4 Å². The van der Waals surface area contributed by atoms with E-state index in [1.807, 2.05) is 13.8 Å². The molecule has 4 rings (SSSR count). The number of rotatable bonds is 5. The van der Waals surface area contributed by atoms with Crippen LogP contribution in [0.15, 0.2) is 35.3 Å². The monoisotopic (exact) mass is 490 g/mol. The number of aliphatic hydroxyl groups excluding tert-OH is 2. The molecule has 1 aliphatic rings. The van der Waals surface area contributed by atoms with Gasteiger partial charge in [0.2, 0.25) is 5.43 Å². The summed E-state index contributed by atoms with van der Waals surface area (Å²) in [6.07, 6.45) is -1.05. The van der Waals surface area contributed by atoms with Crippen molar-refractivity contribution in [2.75, 3.05) is 18.0 Å². The molecular weight excluding hydrogens is 465 g/mol. The summed E-state index contributed by atoms with van der Waals surface area (Å²) < 4.78 is 44.1. The van der Waals surface area contributed by atoms with E-state index in [0.29, 0.717) is 12.1 Å². The van der Waals surface area contributed by atoms with Gasteiger partial charge in [0, 0.05) is 37.5 Å². The zero-order valence-electron chi connectivity index (χ0n) is 19.3. The van der Waals surface area contributed by atoms with Gasteiger partial charge in [0.25, 0.3) is 5.91 Å². The fourth-order valence-electron chi connectivity index (χ4n) is 3.87. The number of carbonyl (C=O) groups is 1. The molecule has 1 unspecified atom stereocenters. The molecule has 3 aromatic rings. The Hall–Kier alpha value is -3.44. The van der Waals surface area contributed by atoms with Gasteiger partial charge in [-0.3, -0.25) is 14.2 Å². The molecule has 1 amide bonds. The number of amides is 1. The highest BCUT2D eigenvalue weighted by Crippen LogP contribution is 2.26. The van der Waals surface area contributed by atoms with Crippen molar-refractivity contribution < 1.29 is 28.2 Å². The topological polar surface area (TPSA) is 108 Å². The second-order valence-electron chi connectivity index (χ2n) is 9.05. The predicted molar refractivity (Wildman–Crippen MR) is 123 cm³/mol. The highest BCUT2D eigenvalue weighted by atomic mass is 19.1. The van der Waals surface area contributed by atoms with E-state index >= 15 is 0 Å². The van der Waals surface area contributed by atoms with Crippen molar-refractivity contribution in [2.24, 2.45) is 5.92 Å². The van der Waals surface area contributed by atoms with Gasteiger partial charge >= 0.3 is 0 Å². The first kappa shape index (κ1) is 24.7. The summed E-state index contributed by atoms with van der Waals surface area (Å²) in [4.78, 5) is 32.0. The summed E-state index contributed by atoms with van der Waals surface area (Å²) in [5.74, 6) is -4.09. The average molecular weight is 490 g/mol. The number of pyridine rings is 2. The number of aromatic nitrogens is 2. The van der Waals surface area contributed by atoms with Gasteiger partial charge in [-0.15, -0.1) is 0 Å². The molecule has 0 bridgehead atoms. The first-order chi connectivity index (χ1) is 16.5. The lowest BCUT2D eigenvalue weighted by Gasteiger charge is -2.20. The number of benzene rings is 1. The summed E-state index contributed by atoms with van der Waals surface area (Å²) in [5.41, 5.74) is -1.96. The Kier molecular flexibility index (Phi) is 6.56. The summed E-state index contributed by atoms with van der Waals surface area (Å²) in [5, 5.41) is 22.4. The Morgan fingerprint density at radius 3 is 2.26 bits per heavy atom. The molecule has 1 saturated heterocycles. The largest absolute Gasteiger partial charge is 0.389 e. The molecule has 8 nitrogen and oxygen atoms in total. The Morgan fingerprint density at radius 2 is 1.69 bits per heavy atom. The van der Waals surface area contributed by atoms with Crippen molar-refractivity contribution in [3.63, 3.8) is 0 Å². The van der Waals surface area contributed by atoms with E-state index in [1.54, 1.807) is 11.8 Å². The lowest BCUT2D eigenvalue weighted by Crippen LogP contribution is -2.38. The van der Waals surface area contributed by atoms with Crippen molar-refractivity contribution in [1.82, 2.24) is 14.9 Å². The Labute approximate surface area is 198 Å². The fourth-order valence-corrected chi connectivity index (χ4v) is 3.87. The maximum absolute atomic E-state index is 14.8. The zero-order valence-corrected chi connectivity index (χ0v) is 19.3. The van der Waals surface area contributed by atoms with Crippen LogP contribution in [0.3, 0.4) is 0 Å². The molecule has 11 heteroatoms. The number of nitrogens with zero attached hydrogens (tertiary/aromatic N) is 3. The average Bonchev–Trinajstić information content (AvgIpc) is 3.12. The maximum atomic E-state index is 14.8. The summed E-state index contributed by atoms with van der Waals surface area (Å²) in [7, 11) is 0. The molecule has 186 valence electrons. The second kappa shape index (κ2) is 9.31. The number of aliphatic hydroxyl groups is 2. The van der Waals surface area contributed by atoms with Crippen molar-refractivity contribution in [1.29, 1.82) is 0 Å². The van der Waals surface area contributed by atoms with Gasteiger partial charge in [0.1, 0.15) is 22.9 Å². The van der Waals surface area contributed by atoms with Gasteiger partial charge in [-0.2, -0.15) is 0 Å². The smallest absolute Gasteiger partial charge is 0.257 e. The number of anilines is 1. The predicted octanol–water partition coefficient (Wildman–Crippen LogP) is 2.12. The SMILES string of the molecule is CC(C)C(C)NC(=O)c1cn(-c2c(F)cc(F)cc2F)c2nc(N3C[C@@H](O)[C@H](O)C3)ccc2c1=O. The third-order valence-corrected chi connectivity index (χ3v) is 6.25. The third-order valence-electron chi connectivity index (χ3n) is 6.25. The van der Waals surface area contributed by atoms with Crippen LogP contribution < -0.4 is 15.6 Å². The van der Waals surface area contributed by atoms with Crippen molar-refractivity contribution in [3.05, 3.63) is 63.7 Å². The van der Waals surface area contributed by atoms with Crippen molar-refractivity contribution >= 4 is 22.8 Å². The van der Waals surface area contributed by atoms with Crippen LogP contribution in [0.5, 0.6) is 0 Å². The number of halogens is 3. The van der Waals surface area contributed by atoms with E-state index in [1.165, 1.54) is 12.1 Å². The van der Waals surface area contributed by atoms with Crippen molar-refractivity contribution in [3.8, 4) is 5.69 Å². The van der Waals surface area contributed by atoms with Gasteiger partial charge < -0.3 is 20.4 Å². The van der Waals surface area contributed by atoms with Gasteiger partial charge in [-0.25, -0.2) is 18.2 Å². The molecule has 0 radical (unpaired) electrons. The Balaban J connectivity index is 1.95. The molecule has 35 heavy (non-hydrogen) atoms. The molecule has 0 saturated carbocycles. The molecule has 1 aliphatic heterocycles. The summed E-state index contributed by atoms with van der Waals surface area (Å²) in [6, 6.07) is 3.49. The molecule has 1 aromatic carbocycles. The maximum Gasteiger partial charge on any atom is 0.257 e. The quantitative estimate of drug-likeness (QED) is 0.506. The van der Waals surface area contributed by atoms with E-state index in [-0.39, 0.29) is 47.5 Å². The number of hydrogen-bond donors (Lipinski definition) is 3. The molecular formula is C24H25F3N4O4. The lowest BCUT2D eigenvalue weighted by molar-refractivity contribution is 0.0572. The van der Waals surface area contributed by atoms with Crippen LogP contribution in [0.25, 0.3) is 16.7 Å². The van der Waals surface area contributed by atoms with Crippen LogP contribution in [0.2, 0.25) is 0 Å². The van der Waals surface area contributed by atoms with Crippen LogP contribution in [0.1, 0.15) is 31.1 Å². The van der Waals surface area contributed by atoms with Crippen LogP contribution in [-0.4, -0.2) is 57.0 Å². The highest BCUT2D eigenvalue weighted by molar-refractivity contribution is 5.97. The summed E-state index contributed by atoms with van der Waals surface area (Å²) in [6.45, 7) is 5.62. The number of β-amino-alcohol motifs (C(OH)–C–C–N with tert-alkyl or cyclic N) is 2. The number of carbonyl (C=O) groups excluding carboxylic acids is 1. The minimum absolute atomic E-state index is 0.0523. The first-order valence-electron chi connectivity index (χ1n) is 11.1. The van der Waals surface area contributed by atoms with Gasteiger partial charge in [-0.1, -0.05) is 13.8 Å². The number of hydrogen-bond acceptors (Lipinski definition) is 6. The normalized spacial score (nSPS) is 18.9. The fraction of sp³-hybridized carbons (Fsp3) is 0.375. The molecule has 0 spiro atoms. The van der Waals surface area contributed by atoms with Crippen molar-refractivity contribution in [2.45, 2.75) is 39.0 Å². The van der Waals surface area contributed by atoms with Crippen LogP contribution in [0.4, 0.5) is 19.0 Å². The minimum Gasteiger partial charge on any atom is -0.389 e. The zero-order chi connectivity index (χ0) is 25.6. The first-order valence-corrected chi connectivity index (χ1v) is 11.1. The van der Waals surface area contributed by atoms with E-state index in [4.69, 9.17) is 0 Å². The Morgan fingerprint density at radius 1 is 1.09 bits per heavy atom. The number of nitrogens with one attached hydrogen (secondary N) is 1. The lowest BCUT2D eigenvalue weighted by atomic mass is 10.1. The van der Waals surface area contributed by atoms with E-state index in [2.05, 4.69) is 10.3 Å². The third kappa shape index (κ3) is 4.61. The molecule has 3 N–H and O–H groups in total. The molecule has 1 fully saturated rings. The van der Waals surface area contributed by atoms with Gasteiger partial charge in [0.05, 0.1) is 17.6 Å². The van der Waals surface area contributed by atoms with E-state index in [9.17, 15) is 33.0 Å². The van der Waals surface area contributed by atoms with Gasteiger partial charge in [0.15, 0.2) is 17.3 Å². The van der Waals surface area contributed by atoms with E-state index < -0.39 is 46.7 Å². The standard InChI is InChI=1S/C24H25F3N4O4/c1-11(2)12(3)28-24(35)15-8-31(21-16(26)6-13(25)7-17(21)27)23-14(22(15)34)4-5-20(29-23)30-9-18(32)19(33)10-30/h4-8,11-12,18-19,32-33H,9-10H2,1-3H3,(H,28,35)/t12?,18-,19-/m1/s1. The Bertz CT molecular complexity index is 1330. The van der Waals surface area contributed by atoms with Gasteiger partial charge in [-0.05, 0) is 25.0 Å².